The van der Waals surface area contributed by atoms with Gasteiger partial charge in [-0.3, -0.25) is 0 Å². The molecule has 0 saturated heterocycles. The number of ether oxygens (including phenoxy) is 1. The van der Waals surface area contributed by atoms with E-state index in [-0.39, 0.29) is 0 Å². The van der Waals surface area contributed by atoms with Gasteiger partial charge in [0.15, 0.2) is 0 Å². The Bertz CT molecular complexity index is 361. The van der Waals surface area contributed by atoms with Crippen LogP contribution in [0.1, 0.15) is 32.6 Å². The molecule has 0 radical (unpaired) electrons. The topological polar surface area (TPSA) is 47.3 Å². The van der Waals surface area contributed by atoms with Crippen molar-refractivity contribution in [3.8, 4) is 5.75 Å². The summed E-state index contributed by atoms with van der Waals surface area (Å²) in [5.74, 6) is 1.73. The fraction of sp³-hybridized carbons (Fsp3) is 0.571. The molecule has 94 valence electrons. The van der Waals surface area contributed by atoms with Gasteiger partial charge in [-0.2, -0.15) is 0 Å². The Morgan fingerprint density at radius 3 is 2.88 bits per heavy atom. The Hall–Kier alpha value is -1.38. The van der Waals surface area contributed by atoms with Gasteiger partial charge in [-0.1, -0.05) is 19.3 Å². The average Bonchev–Trinajstić information content (AvgIpc) is 2.26. The van der Waals surface area contributed by atoms with Crippen LogP contribution < -0.4 is 15.8 Å². The van der Waals surface area contributed by atoms with Gasteiger partial charge in [-0.05, 0) is 31.4 Å². The van der Waals surface area contributed by atoms with E-state index in [2.05, 4.69) is 5.32 Å². The summed E-state index contributed by atoms with van der Waals surface area (Å²) in [4.78, 5) is 0. The molecule has 0 unspecified atom stereocenters. The fourth-order valence-corrected chi connectivity index (χ4v) is 2.13. The van der Waals surface area contributed by atoms with Crippen molar-refractivity contribution in [1.82, 2.24) is 0 Å². The molecule has 1 aromatic carbocycles. The smallest absolute Gasteiger partial charge is 0.144 e. The highest BCUT2D eigenvalue weighted by molar-refractivity contribution is 5.61. The molecule has 1 fully saturated rings. The van der Waals surface area contributed by atoms with Gasteiger partial charge in [0.1, 0.15) is 5.75 Å². The summed E-state index contributed by atoms with van der Waals surface area (Å²) in [7, 11) is 0. The monoisotopic (exact) mass is 234 g/mol. The van der Waals surface area contributed by atoms with Crippen molar-refractivity contribution in [2.24, 2.45) is 5.92 Å². The Balaban J connectivity index is 1.84. The number of nitrogens with two attached hydrogens (primary N) is 1. The summed E-state index contributed by atoms with van der Waals surface area (Å²) in [5, 5.41) is 3.43. The zero-order chi connectivity index (χ0) is 12.1. The number of benzene rings is 1. The maximum absolute atomic E-state index is 5.83. The van der Waals surface area contributed by atoms with Crippen LogP contribution in [0.25, 0.3) is 0 Å². The molecule has 1 aliphatic carbocycles. The van der Waals surface area contributed by atoms with Gasteiger partial charge < -0.3 is 15.8 Å². The van der Waals surface area contributed by atoms with Crippen molar-refractivity contribution in [3.63, 3.8) is 0 Å². The molecule has 0 heterocycles. The number of nitrogens with one attached hydrogen (secondary N) is 1. The molecule has 0 spiro atoms. The normalized spacial score (nSPS) is 15.4. The molecule has 0 bridgehead atoms. The summed E-state index contributed by atoms with van der Waals surface area (Å²) in [6.07, 6.45) is 5.51. The Morgan fingerprint density at radius 1 is 1.41 bits per heavy atom. The number of nitrogen functional groups attached to an aromatic ring is 1. The second-order valence-corrected chi connectivity index (χ2v) is 4.70. The Kier molecular flexibility index (Phi) is 4.13. The zero-order valence-electron chi connectivity index (χ0n) is 10.5. The van der Waals surface area contributed by atoms with E-state index in [0.717, 1.165) is 23.9 Å². The summed E-state index contributed by atoms with van der Waals surface area (Å²) < 4.78 is 5.47. The maximum atomic E-state index is 5.83. The minimum atomic E-state index is 0.649. The minimum absolute atomic E-state index is 0.649. The van der Waals surface area contributed by atoms with E-state index >= 15 is 0 Å². The van der Waals surface area contributed by atoms with Crippen LogP contribution in [0.15, 0.2) is 18.2 Å². The molecule has 1 saturated carbocycles. The van der Waals surface area contributed by atoms with Gasteiger partial charge in [-0.25, -0.2) is 0 Å². The van der Waals surface area contributed by atoms with E-state index in [0.29, 0.717) is 12.3 Å². The molecule has 17 heavy (non-hydrogen) atoms. The number of anilines is 2. The van der Waals surface area contributed by atoms with Gasteiger partial charge in [0.05, 0.1) is 12.3 Å². The first-order valence-corrected chi connectivity index (χ1v) is 6.55. The molecule has 0 amide bonds. The highest BCUT2D eigenvalue weighted by Crippen LogP contribution is 2.30. The summed E-state index contributed by atoms with van der Waals surface area (Å²) in [6.45, 7) is 3.66. The zero-order valence-corrected chi connectivity index (χ0v) is 10.5. The van der Waals surface area contributed by atoms with Crippen LogP contribution in [0, 0.1) is 5.92 Å². The van der Waals surface area contributed by atoms with Crippen molar-refractivity contribution in [3.05, 3.63) is 18.2 Å². The lowest BCUT2D eigenvalue weighted by Gasteiger charge is -2.25. The Labute approximate surface area is 103 Å². The van der Waals surface area contributed by atoms with Gasteiger partial charge in [0, 0.05) is 18.3 Å². The molecule has 0 aliphatic heterocycles. The van der Waals surface area contributed by atoms with Crippen molar-refractivity contribution < 1.29 is 4.74 Å². The Morgan fingerprint density at radius 2 is 2.24 bits per heavy atom. The van der Waals surface area contributed by atoms with Crippen molar-refractivity contribution in [2.75, 3.05) is 24.2 Å². The number of hydrogen-bond donors (Lipinski definition) is 2. The second kappa shape index (κ2) is 5.80. The first kappa shape index (κ1) is 12.1. The SMILES string of the molecule is CCOc1cc(NCCC2CCC2)ccc1N. The number of hydrogen-bond acceptors (Lipinski definition) is 3. The van der Waals surface area contributed by atoms with Gasteiger partial charge in [0.25, 0.3) is 0 Å². The van der Waals surface area contributed by atoms with Crippen LogP contribution in [-0.4, -0.2) is 13.2 Å². The van der Waals surface area contributed by atoms with Crippen molar-refractivity contribution >= 4 is 11.4 Å². The highest BCUT2D eigenvalue weighted by atomic mass is 16.5. The lowest BCUT2D eigenvalue weighted by atomic mass is 9.83. The maximum Gasteiger partial charge on any atom is 0.144 e. The summed E-state index contributed by atoms with van der Waals surface area (Å²) >= 11 is 0. The summed E-state index contributed by atoms with van der Waals surface area (Å²) in [6, 6.07) is 5.90. The van der Waals surface area contributed by atoms with Crippen LogP contribution in [0.2, 0.25) is 0 Å². The molecule has 2 rings (SSSR count). The molecular formula is C14H22N2O. The minimum Gasteiger partial charge on any atom is -0.492 e. The lowest BCUT2D eigenvalue weighted by Crippen LogP contribution is -2.15. The second-order valence-electron chi connectivity index (χ2n) is 4.70. The van der Waals surface area contributed by atoms with Crippen LogP contribution in [0.5, 0.6) is 5.75 Å². The van der Waals surface area contributed by atoms with E-state index < -0.39 is 0 Å². The highest BCUT2D eigenvalue weighted by Gasteiger charge is 2.16. The molecule has 0 aromatic heterocycles. The first-order valence-electron chi connectivity index (χ1n) is 6.55. The van der Waals surface area contributed by atoms with E-state index in [1.54, 1.807) is 0 Å². The third-order valence-electron chi connectivity index (χ3n) is 3.42. The van der Waals surface area contributed by atoms with Crippen LogP contribution >= 0.6 is 0 Å². The number of rotatable bonds is 6. The van der Waals surface area contributed by atoms with Crippen molar-refractivity contribution in [2.45, 2.75) is 32.6 Å². The van der Waals surface area contributed by atoms with E-state index in [4.69, 9.17) is 10.5 Å². The average molecular weight is 234 g/mol. The molecular weight excluding hydrogens is 212 g/mol. The van der Waals surface area contributed by atoms with Crippen LogP contribution in [-0.2, 0) is 0 Å². The fourth-order valence-electron chi connectivity index (χ4n) is 2.13. The molecule has 3 heteroatoms. The molecule has 1 aliphatic rings. The standard InChI is InChI=1S/C14H22N2O/c1-2-17-14-10-12(6-7-13(14)15)16-9-8-11-4-3-5-11/h6-7,10-11,16H,2-5,8-9,15H2,1H3. The predicted octanol–water partition coefficient (Wildman–Crippen LogP) is 3.27. The first-order chi connectivity index (χ1) is 8.29. The quantitative estimate of drug-likeness (QED) is 0.743. The van der Waals surface area contributed by atoms with Crippen LogP contribution in [0.4, 0.5) is 11.4 Å². The van der Waals surface area contributed by atoms with Gasteiger partial charge in [0.2, 0.25) is 0 Å². The van der Waals surface area contributed by atoms with E-state index in [9.17, 15) is 0 Å². The van der Waals surface area contributed by atoms with Gasteiger partial charge in [-0.15, -0.1) is 0 Å². The van der Waals surface area contributed by atoms with E-state index in [1.165, 1.54) is 25.7 Å². The molecule has 3 nitrogen and oxygen atoms in total. The lowest BCUT2D eigenvalue weighted by molar-refractivity contribution is 0.303. The third-order valence-corrected chi connectivity index (χ3v) is 3.42. The molecule has 0 atom stereocenters. The predicted molar refractivity (Wildman–Crippen MR) is 72.5 cm³/mol. The van der Waals surface area contributed by atoms with Gasteiger partial charge >= 0.3 is 0 Å². The third kappa shape index (κ3) is 3.29. The summed E-state index contributed by atoms with van der Waals surface area (Å²) in [5.41, 5.74) is 7.63. The molecule has 1 aromatic rings. The molecule has 3 N–H and O–H groups in total. The van der Waals surface area contributed by atoms with Crippen molar-refractivity contribution in [1.29, 1.82) is 0 Å². The van der Waals surface area contributed by atoms with Crippen LogP contribution in [0.3, 0.4) is 0 Å². The van der Waals surface area contributed by atoms with E-state index in [1.807, 2.05) is 25.1 Å². The largest absolute Gasteiger partial charge is 0.492 e.